The normalized spacial score (nSPS) is 13.4. The lowest BCUT2D eigenvalue weighted by Gasteiger charge is -2.23. The molecule has 0 N–H and O–H groups in total. The summed E-state index contributed by atoms with van der Waals surface area (Å²) in [4.78, 5) is 19.1. The molecule has 0 bridgehead atoms. The molecule has 1 aliphatic heterocycles. The molecule has 11 nitrogen and oxygen atoms in total. The maximum Gasteiger partial charge on any atom is 0.254 e. The van der Waals surface area contributed by atoms with E-state index >= 15 is 0 Å². The van der Waals surface area contributed by atoms with Crippen molar-refractivity contribution in [1.29, 1.82) is 0 Å². The third-order valence-corrected chi connectivity index (χ3v) is 7.61. The van der Waals surface area contributed by atoms with Crippen molar-refractivity contribution >= 4 is 17.5 Å². The van der Waals surface area contributed by atoms with Crippen molar-refractivity contribution in [2.75, 3.05) is 6.54 Å². The van der Waals surface area contributed by atoms with Gasteiger partial charge in [-0.1, -0.05) is 29.8 Å². The predicted octanol–water partition coefficient (Wildman–Crippen LogP) is 4.12. The third kappa shape index (κ3) is 4.65. The Hall–Kier alpha value is -5.42. The van der Waals surface area contributed by atoms with Gasteiger partial charge in [-0.25, -0.2) is 0 Å². The number of amides is 1. The Balaban J connectivity index is 1.28. The quantitative estimate of drug-likeness (QED) is 0.207. The van der Waals surface area contributed by atoms with Crippen LogP contribution in [0.2, 0.25) is 5.02 Å². The molecule has 1 atom stereocenters. The van der Waals surface area contributed by atoms with Crippen LogP contribution < -0.4 is 4.73 Å². The van der Waals surface area contributed by atoms with E-state index in [1.54, 1.807) is 52.4 Å². The Morgan fingerprint density at radius 3 is 2.62 bits per heavy atom. The van der Waals surface area contributed by atoms with Gasteiger partial charge in [-0.05, 0) is 64.0 Å². The Bertz CT molecular complexity index is 1910. The van der Waals surface area contributed by atoms with Crippen LogP contribution in [0.3, 0.4) is 0 Å². The standard InChI is InChI=1S/C30H22ClN9O2/c31-24-6-8-27(39-19-33-35-36-39)26(13-24)22-5-7-28(40(42)17-22)29(18-37-15-21-3-1-2-4-25(21)30(37)41)38-16-23(14-34-38)20-9-11-32-12-10-20/h1-14,16-17,19,29H,15,18H2. The summed E-state index contributed by atoms with van der Waals surface area (Å²) in [6.45, 7) is 0.707. The lowest BCUT2D eigenvalue weighted by Crippen LogP contribution is -2.40. The van der Waals surface area contributed by atoms with E-state index in [2.05, 4.69) is 25.6 Å². The number of nitrogens with zero attached hydrogens (tertiary/aromatic N) is 9. The molecule has 0 radical (unpaired) electrons. The number of benzene rings is 2. The minimum Gasteiger partial charge on any atom is -0.618 e. The van der Waals surface area contributed by atoms with Crippen LogP contribution in [0.1, 0.15) is 27.7 Å². The van der Waals surface area contributed by atoms with E-state index < -0.39 is 6.04 Å². The number of hydrogen-bond acceptors (Lipinski definition) is 7. The van der Waals surface area contributed by atoms with Crippen molar-refractivity contribution in [2.45, 2.75) is 12.6 Å². The van der Waals surface area contributed by atoms with E-state index in [0.29, 0.717) is 39.6 Å². The molecule has 206 valence electrons. The lowest BCUT2D eigenvalue weighted by atomic mass is 10.0. The maximum absolute atomic E-state index is 13.7. The topological polar surface area (TPSA) is 122 Å². The zero-order chi connectivity index (χ0) is 28.6. The van der Waals surface area contributed by atoms with E-state index in [-0.39, 0.29) is 12.5 Å². The first-order valence-corrected chi connectivity index (χ1v) is 13.5. The SMILES string of the molecule is O=C1c2ccccc2CN1CC(c1ccc(-c2cc(Cl)ccc2-n2cnnn2)c[n+]1[O-])n1cc(-c2ccncc2)cn1. The monoisotopic (exact) mass is 575 g/mol. The molecule has 0 spiro atoms. The van der Waals surface area contributed by atoms with Crippen molar-refractivity contribution in [3.63, 3.8) is 0 Å². The van der Waals surface area contributed by atoms with Crippen molar-refractivity contribution < 1.29 is 9.52 Å². The summed E-state index contributed by atoms with van der Waals surface area (Å²) in [5.41, 5.74) is 5.87. The van der Waals surface area contributed by atoms with Crippen LogP contribution in [0.4, 0.5) is 0 Å². The van der Waals surface area contributed by atoms with Crippen molar-refractivity contribution in [3.05, 3.63) is 131 Å². The van der Waals surface area contributed by atoms with Gasteiger partial charge in [0.25, 0.3) is 5.91 Å². The molecule has 1 amide bonds. The van der Waals surface area contributed by atoms with Crippen molar-refractivity contribution in [1.82, 2.24) is 39.9 Å². The van der Waals surface area contributed by atoms with Crippen LogP contribution in [0.15, 0.2) is 104 Å². The van der Waals surface area contributed by atoms with Crippen LogP contribution >= 0.6 is 11.6 Å². The molecular weight excluding hydrogens is 554 g/mol. The molecule has 0 saturated heterocycles. The first-order valence-electron chi connectivity index (χ1n) is 13.1. The Labute approximate surface area is 244 Å². The largest absolute Gasteiger partial charge is 0.618 e. The second-order valence-corrected chi connectivity index (χ2v) is 10.3. The Morgan fingerprint density at radius 1 is 0.976 bits per heavy atom. The van der Waals surface area contributed by atoms with Crippen LogP contribution in [-0.4, -0.2) is 52.3 Å². The molecule has 7 rings (SSSR count). The smallest absolute Gasteiger partial charge is 0.254 e. The van der Waals surface area contributed by atoms with Gasteiger partial charge in [0.1, 0.15) is 6.33 Å². The fourth-order valence-electron chi connectivity index (χ4n) is 5.31. The number of carbonyl (C=O) groups is 1. The van der Waals surface area contributed by atoms with Crippen LogP contribution in [-0.2, 0) is 6.54 Å². The van der Waals surface area contributed by atoms with Gasteiger partial charge in [-0.3, -0.25) is 14.5 Å². The van der Waals surface area contributed by atoms with Gasteiger partial charge in [0.05, 0.1) is 18.4 Å². The molecule has 1 unspecified atom stereocenters. The van der Waals surface area contributed by atoms with Gasteiger partial charge >= 0.3 is 0 Å². The molecule has 2 aromatic carbocycles. The summed E-state index contributed by atoms with van der Waals surface area (Å²) in [5, 5.41) is 30.3. The fourth-order valence-corrected chi connectivity index (χ4v) is 5.48. The van der Waals surface area contributed by atoms with Gasteiger partial charge in [0.2, 0.25) is 5.69 Å². The van der Waals surface area contributed by atoms with Crippen LogP contribution in [0.25, 0.3) is 27.9 Å². The molecule has 5 heterocycles. The number of fused-ring (bicyclic) bond motifs is 1. The van der Waals surface area contributed by atoms with E-state index in [0.717, 1.165) is 21.4 Å². The minimum absolute atomic E-state index is 0.0730. The van der Waals surface area contributed by atoms with E-state index in [1.165, 1.54) is 17.2 Å². The number of carbonyl (C=O) groups excluding carboxylic acids is 1. The number of pyridine rings is 2. The third-order valence-electron chi connectivity index (χ3n) is 7.38. The summed E-state index contributed by atoms with van der Waals surface area (Å²) in [7, 11) is 0. The molecule has 42 heavy (non-hydrogen) atoms. The van der Waals surface area contributed by atoms with Gasteiger partial charge in [-0.15, -0.1) is 5.10 Å². The summed E-state index contributed by atoms with van der Waals surface area (Å²) in [6, 6.07) is 19.7. The van der Waals surface area contributed by atoms with Gasteiger partial charge in [-0.2, -0.15) is 14.5 Å². The van der Waals surface area contributed by atoms with Gasteiger partial charge < -0.3 is 10.1 Å². The molecule has 1 aliphatic rings. The fraction of sp³-hybridized carbons (Fsp3) is 0.100. The second kappa shape index (κ2) is 10.5. The number of hydrogen-bond donors (Lipinski definition) is 0. The van der Waals surface area contributed by atoms with E-state index in [1.807, 2.05) is 48.7 Å². The summed E-state index contributed by atoms with van der Waals surface area (Å²) >= 11 is 6.33. The van der Waals surface area contributed by atoms with Crippen molar-refractivity contribution in [3.8, 4) is 27.9 Å². The zero-order valence-electron chi connectivity index (χ0n) is 22.0. The predicted molar refractivity (Wildman–Crippen MR) is 153 cm³/mol. The molecule has 0 fully saturated rings. The second-order valence-electron chi connectivity index (χ2n) is 9.89. The number of tetrazole rings is 1. The van der Waals surface area contributed by atoms with Crippen LogP contribution in [0.5, 0.6) is 0 Å². The van der Waals surface area contributed by atoms with Gasteiger partial charge in [0, 0.05) is 58.5 Å². The molecule has 0 saturated carbocycles. The first-order chi connectivity index (χ1) is 20.5. The Kier molecular flexibility index (Phi) is 6.40. The van der Waals surface area contributed by atoms with E-state index in [9.17, 15) is 10.0 Å². The summed E-state index contributed by atoms with van der Waals surface area (Å²) in [5.74, 6) is -0.0730. The summed E-state index contributed by atoms with van der Waals surface area (Å²) < 4.78 is 4.08. The number of aromatic nitrogens is 8. The van der Waals surface area contributed by atoms with Crippen molar-refractivity contribution in [2.24, 2.45) is 0 Å². The molecule has 6 aromatic rings. The molecule has 4 aromatic heterocycles. The van der Waals surface area contributed by atoms with Gasteiger partial charge in [0.15, 0.2) is 12.2 Å². The lowest BCUT2D eigenvalue weighted by molar-refractivity contribution is -0.615. The maximum atomic E-state index is 13.7. The highest BCUT2D eigenvalue weighted by Crippen LogP contribution is 2.31. The zero-order valence-corrected chi connectivity index (χ0v) is 22.8. The minimum atomic E-state index is -0.566. The van der Waals surface area contributed by atoms with E-state index in [4.69, 9.17) is 11.6 Å². The molecule has 0 aliphatic carbocycles. The highest BCUT2D eigenvalue weighted by atomic mass is 35.5. The Morgan fingerprint density at radius 2 is 1.83 bits per heavy atom. The average molecular weight is 576 g/mol. The highest BCUT2D eigenvalue weighted by Gasteiger charge is 2.33. The number of halogens is 1. The molecular formula is C30H22ClN9O2. The van der Waals surface area contributed by atoms with Crippen LogP contribution in [0, 0.1) is 5.21 Å². The summed E-state index contributed by atoms with van der Waals surface area (Å²) in [6.07, 6.45) is 10.0. The number of rotatable bonds is 7. The molecule has 12 heteroatoms. The highest BCUT2D eigenvalue weighted by molar-refractivity contribution is 6.31. The average Bonchev–Trinajstić information content (AvgIpc) is 3.78. The first kappa shape index (κ1) is 25.5.